The lowest BCUT2D eigenvalue weighted by Gasteiger charge is -2.09. The standard InChI is InChI=1S/C21H18ClN5O4S/c22-15-7-5-14(6-8-15)19-25-26-21(27(19)12-17-4-2-10-31-17)32-13-18(28)24-20(29)23-11-16-3-1-9-30-16/h1-10H,11-13H2,(H2,23,24,28,29). The number of benzene rings is 1. The number of halogens is 1. The normalized spacial score (nSPS) is 10.8. The summed E-state index contributed by atoms with van der Waals surface area (Å²) in [4.78, 5) is 24.1. The molecule has 0 aliphatic heterocycles. The molecular formula is C21H18ClN5O4S. The molecule has 0 spiro atoms. The van der Waals surface area contributed by atoms with Crippen LogP contribution in [-0.2, 0) is 17.9 Å². The van der Waals surface area contributed by atoms with Crippen LogP contribution < -0.4 is 10.6 Å². The first-order valence-corrected chi connectivity index (χ1v) is 10.9. The summed E-state index contributed by atoms with van der Waals surface area (Å²) in [7, 11) is 0. The average Bonchev–Trinajstić information content (AvgIpc) is 3.55. The number of hydrogen-bond acceptors (Lipinski definition) is 7. The SMILES string of the molecule is O=C(CSc1nnc(-c2ccc(Cl)cc2)n1Cc1ccco1)NC(=O)NCc1ccco1. The van der Waals surface area contributed by atoms with Gasteiger partial charge in [-0.05, 0) is 48.5 Å². The molecular weight excluding hydrogens is 454 g/mol. The third kappa shape index (κ3) is 5.59. The van der Waals surface area contributed by atoms with Gasteiger partial charge in [0.1, 0.15) is 11.5 Å². The van der Waals surface area contributed by atoms with Crippen LogP contribution >= 0.6 is 23.4 Å². The molecule has 4 aromatic rings. The minimum Gasteiger partial charge on any atom is -0.467 e. The molecule has 2 N–H and O–H groups in total. The Morgan fingerprint density at radius 3 is 2.41 bits per heavy atom. The monoisotopic (exact) mass is 471 g/mol. The molecule has 32 heavy (non-hydrogen) atoms. The van der Waals surface area contributed by atoms with Gasteiger partial charge in [0.05, 0.1) is 31.4 Å². The van der Waals surface area contributed by atoms with Gasteiger partial charge in [0.15, 0.2) is 11.0 Å². The zero-order valence-electron chi connectivity index (χ0n) is 16.7. The van der Waals surface area contributed by atoms with E-state index in [4.69, 9.17) is 20.4 Å². The molecule has 0 saturated heterocycles. The van der Waals surface area contributed by atoms with Crippen molar-refractivity contribution in [3.63, 3.8) is 0 Å². The van der Waals surface area contributed by atoms with E-state index in [-0.39, 0.29) is 12.3 Å². The molecule has 11 heteroatoms. The van der Waals surface area contributed by atoms with Crippen LogP contribution in [0.15, 0.2) is 75.0 Å². The minimum atomic E-state index is -0.606. The van der Waals surface area contributed by atoms with Gasteiger partial charge in [0, 0.05) is 10.6 Å². The van der Waals surface area contributed by atoms with Crippen molar-refractivity contribution < 1.29 is 18.4 Å². The van der Waals surface area contributed by atoms with E-state index < -0.39 is 11.9 Å². The summed E-state index contributed by atoms with van der Waals surface area (Å²) in [5, 5.41) is 14.5. The number of carbonyl (C=O) groups is 2. The summed E-state index contributed by atoms with van der Waals surface area (Å²) in [6.07, 6.45) is 3.09. The fraction of sp³-hybridized carbons (Fsp3) is 0.143. The Labute approximate surface area is 192 Å². The van der Waals surface area contributed by atoms with Gasteiger partial charge in [-0.1, -0.05) is 23.4 Å². The molecule has 0 bridgehead atoms. The Balaban J connectivity index is 1.41. The van der Waals surface area contributed by atoms with Gasteiger partial charge in [-0.2, -0.15) is 0 Å². The van der Waals surface area contributed by atoms with Gasteiger partial charge in [0.2, 0.25) is 5.91 Å². The molecule has 3 heterocycles. The summed E-state index contributed by atoms with van der Waals surface area (Å²) in [5.74, 6) is 1.42. The number of furan rings is 2. The van der Waals surface area contributed by atoms with Crippen molar-refractivity contribution in [1.82, 2.24) is 25.4 Å². The van der Waals surface area contributed by atoms with E-state index in [1.54, 1.807) is 36.6 Å². The second-order valence-corrected chi connectivity index (χ2v) is 7.96. The number of amides is 3. The molecule has 1 aromatic carbocycles. The van der Waals surface area contributed by atoms with Gasteiger partial charge in [0.25, 0.3) is 0 Å². The summed E-state index contributed by atoms with van der Waals surface area (Å²) >= 11 is 7.16. The number of aromatic nitrogens is 3. The van der Waals surface area contributed by atoms with Crippen molar-refractivity contribution in [1.29, 1.82) is 0 Å². The number of nitrogens with one attached hydrogen (secondary N) is 2. The molecule has 3 aromatic heterocycles. The molecule has 0 radical (unpaired) electrons. The molecule has 0 aliphatic rings. The van der Waals surface area contributed by atoms with Crippen LogP contribution in [0.2, 0.25) is 5.02 Å². The quantitative estimate of drug-likeness (QED) is 0.374. The lowest BCUT2D eigenvalue weighted by molar-refractivity contribution is -0.117. The molecule has 0 aliphatic carbocycles. The number of nitrogens with zero attached hydrogens (tertiary/aromatic N) is 3. The lowest BCUT2D eigenvalue weighted by Crippen LogP contribution is -2.39. The first kappa shape index (κ1) is 21.7. The summed E-state index contributed by atoms with van der Waals surface area (Å²) in [5.41, 5.74) is 0.821. The van der Waals surface area contributed by atoms with Gasteiger partial charge in [-0.25, -0.2) is 4.79 Å². The smallest absolute Gasteiger partial charge is 0.321 e. The zero-order chi connectivity index (χ0) is 22.3. The first-order chi connectivity index (χ1) is 15.6. The highest BCUT2D eigenvalue weighted by Crippen LogP contribution is 2.26. The Bertz CT molecular complexity index is 1170. The Morgan fingerprint density at radius 1 is 1.00 bits per heavy atom. The minimum absolute atomic E-state index is 0.0227. The predicted octanol–water partition coefficient (Wildman–Crippen LogP) is 3.95. The van der Waals surface area contributed by atoms with Gasteiger partial charge in [-0.3, -0.25) is 14.7 Å². The maximum absolute atomic E-state index is 12.2. The van der Waals surface area contributed by atoms with E-state index in [9.17, 15) is 9.59 Å². The highest BCUT2D eigenvalue weighted by Gasteiger charge is 2.18. The first-order valence-electron chi connectivity index (χ1n) is 9.53. The van der Waals surface area contributed by atoms with Crippen molar-refractivity contribution >= 4 is 35.3 Å². The van der Waals surface area contributed by atoms with E-state index in [1.807, 2.05) is 22.8 Å². The maximum atomic E-state index is 12.2. The van der Waals surface area contributed by atoms with Gasteiger partial charge in [-0.15, -0.1) is 10.2 Å². The van der Waals surface area contributed by atoms with Crippen LogP contribution in [0.3, 0.4) is 0 Å². The van der Waals surface area contributed by atoms with Crippen LogP contribution in [0.25, 0.3) is 11.4 Å². The second-order valence-electron chi connectivity index (χ2n) is 6.58. The van der Waals surface area contributed by atoms with Crippen LogP contribution in [0.5, 0.6) is 0 Å². The van der Waals surface area contributed by atoms with Gasteiger partial charge >= 0.3 is 6.03 Å². The van der Waals surface area contributed by atoms with Crippen molar-refractivity contribution in [3.05, 3.63) is 77.6 Å². The number of carbonyl (C=O) groups excluding carboxylic acids is 2. The van der Waals surface area contributed by atoms with E-state index in [0.29, 0.717) is 34.1 Å². The Morgan fingerprint density at radius 2 is 1.72 bits per heavy atom. The van der Waals surface area contributed by atoms with E-state index >= 15 is 0 Å². The maximum Gasteiger partial charge on any atom is 0.321 e. The highest BCUT2D eigenvalue weighted by molar-refractivity contribution is 7.99. The predicted molar refractivity (Wildman–Crippen MR) is 118 cm³/mol. The third-order valence-electron chi connectivity index (χ3n) is 4.30. The second kappa shape index (κ2) is 10.2. The van der Waals surface area contributed by atoms with Crippen molar-refractivity contribution in [3.8, 4) is 11.4 Å². The van der Waals surface area contributed by atoms with E-state index in [1.165, 1.54) is 6.26 Å². The van der Waals surface area contributed by atoms with Crippen LogP contribution in [-0.4, -0.2) is 32.5 Å². The molecule has 0 atom stereocenters. The average molecular weight is 472 g/mol. The van der Waals surface area contributed by atoms with Gasteiger partial charge < -0.3 is 14.2 Å². The molecule has 4 rings (SSSR count). The zero-order valence-corrected chi connectivity index (χ0v) is 18.2. The van der Waals surface area contributed by atoms with Crippen molar-refractivity contribution in [2.45, 2.75) is 18.2 Å². The molecule has 0 unspecified atom stereocenters. The largest absolute Gasteiger partial charge is 0.467 e. The Kier molecular flexibility index (Phi) is 6.93. The van der Waals surface area contributed by atoms with Crippen LogP contribution in [0.1, 0.15) is 11.5 Å². The fourth-order valence-electron chi connectivity index (χ4n) is 2.83. The molecule has 0 saturated carbocycles. The Hall–Kier alpha value is -3.50. The summed E-state index contributed by atoms with van der Waals surface area (Å²) < 4.78 is 12.4. The number of urea groups is 1. The molecule has 9 nitrogen and oxygen atoms in total. The third-order valence-corrected chi connectivity index (χ3v) is 5.52. The molecule has 3 amide bonds. The lowest BCUT2D eigenvalue weighted by atomic mass is 10.2. The molecule has 0 fully saturated rings. The summed E-state index contributed by atoms with van der Waals surface area (Å²) in [6.45, 7) is 0.562. The molecule has 164 valence electrons. The highest BCUT2D eigenvalue weighted by atomic mass is 35.5. The van der Waals surface area contributed by atoms with Crippen LogP contribution in [0, 0.1) is 0 Å². The van der Waals surface area contributed by atoms with Crippen LogP contribution in [0.4, 0.5) is 4.79 Å². The summed E-state index contributed by atoms with van der Waals surface area (Å²) in [6, 6.07) is 13.7. The number of thioether (sulfide) groups is 1. The van der Waals surface area contributed by atoms with E-state index in [2.05, 4.69) is 20.8 Å². The fourth-order valence-corrected chi connectivity index (χ4v) is 3.69. The van der Waals surface area contributed by atoms with E-state index in [0.717, 1.165) is 17.3 Å². The number of rotatable bonds is 8. The topological polar surface area (TPSA) is 115 Å². The van der Waals surface area contributed by atoms with Crippen molar-refractivity contribution in [2.75, 3.05) is 5.75 Å². The number of hydrogen-bond donors (Lipinski definition) is 2. The number of imide groups is 1. The van der Waals surface area contributed by atoms with Crippen molar-refractivity contribution in [2.24, 2.45) is 0 Å².